The van der Waals surface area contributed by atoms with Gasteiger partial charge in [0.15, 0.2) is 0 Å². The Kier molecular flexibility index (Phi) is 3.83. The van der Waals surface area contributed by atoms with Gasteiger partial charge in [-0.2, -0.15) is 11.8 Å². The number of thioether (sulfide) groups is 1. The molecular formula is C15H20FNOS. The van der Waals surface area contributed by atoms with Crippen LogP contribution in [0.1, 0.15) is 30.7 Å². The first kappa shape index (κ1) is 13.4. The Morgan fingerprint density at radius 2 is 2.05 bits per heavy atom. The Hall–Kier alpha value is -0.580. The van der Waals surface area contributed by atoms with Gasteiger partial charge in [0.25, 0.3) is 0 Å². The lowest BCUT2D eigenvalue weighted by atomic mass is 9.75. The van der Waals surface area contributed by atoms with Crippen LogP contribution in [0.2, 0.25) is 0 Å². The number of benzene rings is 1. The third-order valence-electron chi connectivity index (χ3n) is 4.28. The number of aliphatic hydroxyl groups is 1. The Morgan fingerprint density at radius 1 is 1.32 bits per heavy atom. The molecule has 1 saturated carbocycles. The highest BCUT2D eigenvalue weighted by atomic mass is 32.2. The summed E-state index contributed by atoms with van der Waals surface area (Å²) < 4.78 is 12.8. The number of hydrogen-bond donors (Lipinski definition) is 2. The first-order valence-electron chi connectivity index (χ1n) is 6.94. The second-order valence-electron chi connectivity index (χ2n) is 5.82. The minimum Gasteiger partial charge on any atom is -0.388 e. The summed E-state index contributed by atoms with van der Waals surface area (Å²) in [6.45, 7) is 0.709. The van der Waals surface area contributed by atoms with E-state index in [0.717, 1.165) is 30.8 Å². The van der Waals surface area contributed by atoms with Crippen molar-refractivity contribution in [1.82, 2.24) is 5.32 Å². The average Bonchev–Trinajstić information content (AvgIpc) is 2.77. The van der Waals surface area contributed by atoms with Crippen molar-refractivity contribution in [2.24, 2.45) is 0 Å². The first-order valence-corrected chi connectivity index (χ1v) is 8.09. The van der Waals surface area contributed by atoms with Crippen molar-refractivity contribution in [1.29, 1.82) is 0 Å². The molecule has 1 saturated heterocycles. The van der Waals surface area contributed by atoms with Gasteiger partial charge in [-0.05, 0) is 48.6 Å². The molecule has 2 nitrogen and oxygen atoms in total. The summed E-state index contributed by atoms with van der Waals surface area (Å²) in [4.78, 5) is 0. The molecule has 0 aromatic heterocycles. The lowest BCUT2D eigenvalue weighted by Gasteiger charge is -2.38. The smallest absolute Gasteiger partial charge is 0.123 e. The van der Waals surface area contributed by atoms with Gasteiger partial charge in [0.05, 0.1) is 5.60 Å². The van der Waals surface area contributed by atoms with Crippen molar-refractivity contribution in [3.05, 3.63) is 35.6 Å². The van der Waals surface area contributed by atoms with Crippen LogP contribution >= 0.6 is 11.8 Å². The number of halogens is 1. The third kappa shape index (κ3) is 3.12. The van der Waals surface area contributed by atoms with Crippen LogP contribution in [-0.2, 0) is 0 Å². The van der Waals surface area contributed by atoms with E-state index in [-0.39, 0.29) is 5.82 Å². The Labute approximate surface area is 117 Å². The molecule has 19 heavy (non-hydrogen) atoms. The summed E-state index contributed by atoms with van der Waals surface area (Å²) in [6, 6.07) is 7.35. The summed E-state index contributed by atoms with van der Waals surface area (Å²) in [5.74, 6) is 2.30. The van der Waals surface area contributed by atoms with Crippen LogP contribution in [0.15, 0.2) is 24.3 Å². The van der Waals surface area contributed by atoms with Gasteiger partial charge in [-0.15, -0.1) is 0 Å². The zero-order valence-electron chi connectivity index (χ0n) is 10.9. The van der Waals surface area contributed by atoms with E-state index in [0.29, 0.717) is 18.5 Å². The van der Waals surface area contributed by atoms with Crippen molar-refractivity contribution in [3.63, 3.8) is 0 Å². The van der Waals surface area contributed by atoms with Crippen LogP contribution in [0.25, 0.3) is 0 Å². The van der Waals surface area contributed by atoms with Crippen molar-refractivity contribution in [2.45, 2.75) is 36.8 Å². The summed E-state index contributed by atoms with van der Waals surface area (Å²) in [5, 5.41) is 13.7. The molecule has 1 aromatic rings. The van der Waals surface area contributed by atoms with Gasteiger partial charge in [-0.3, -0.25) is 0 Å². The van der Waals surface area contributed by atoms with Crippen LogP contribution < -0.4 is 5.32 Å². The molecule has 1 heterocycles. The lowest BCUT2D eigenvalue weighted by Crippen LogP contribution is -2.48. The second-order valence-corrected chi connectivity index (χ2v) is 6.93. The number of nitrogens with one attached hydrogen (secondary N) is 1. The summed E-state index contributed by atoms with van der Waals surface area (Å²) in [7, 11) is 0. The largest absolute Gasteiger partial charge is 0.388 e. The summed E-state index contributed by atoms with van der Waals surface area (Å²) in [5.41, 5.74) is 0.737. The van der Waals surface area contributed by atoms with Crippen LogP contribution in [-0.4, -0.2) is 34.8 Å². The second kappa shape index (κ2) is 5.43. The van der Waals surface area contributed by atoms with Gasteiger partial charge >= 0.3 is 0 Å². The van der Waals surface area contributed by atoms with Crippen molar-refractivity contribution >= 4 is 11.8 Å². The van der Waals surface area contributed by atoms with Crippen molar-refractivity contribution in [2.75, 3.05) is 18.1 Å². The predicted octanol–water partition coefficient (Wildman–Crippen LogP) is 2.53. The minimum absolute atomic E-state index is 0.168. The monoisotopic (exact) mass is 281 g/mol. The molecule has 1 aromatic carbocycles. The third-order valence-corrected chi connectivity index (χ3v) is 5.52. The molecule has 1 aliphatic carbocycles. The summed E-state index contributed by atoms with van der Waals surface area (Å²) in [6.07, 6.45) is 3.09. The van der Waals surface area contributed by atoms with E-state index < -0.39 is 5.60 Å². The zero-order valence-corrected chi connectivity index (χ0v) is 11.8. The highest BCUT2D eigenvalue weighted by molar-refractivity contribution is 7.99. The Balaban J connectivity index is 1.44. The van der Waals surface area contributed by atoms with Crippen LogP contribution in [0, 0.1) is 5.82 Å². The highest BCUT2D eigenvalue weighted by Gasteiger charge is 2.35. The van der Waals surface area contributed by atoms with E-state index >= 15 is 0 Å². The van der Waals surface area contributed by atoms with Crippen molar-refractivity contribution in [3.8, 4) is 0 Å². The molecule has 0 bridgehead atoms. The molecule has 104 valence electrons. The van der Waals surface area contributed by atoms with Gasteiger partial charge in [-0.1, -0.05) is 12.1 Å². The minimum atomic E-state index is -0.494. The topological polar surface area (TPSA) is 32.3 Å². The fourth-order valence-electron chi connectivity index (χ4n) is 2.86. The first-order chi connectivity index (χ1) is 9.15. The van der Waals surface area contributed by atoms with Gasteiger partial charge in [0.1, 0.15) is 5.82 Å². The molecule has 0 radical (unpaired) electrons. The maximum Gasteiger partial charge on any atom is 0.123 e. The predicted molar refractivity (Wildman–Crippen MR) is 77.1 cm³/mol. The van der Waals surface area contributed by atoms with Gasteiger partial charge in [-0.25, -0.2) is 4.39 Å². The molecular weight excluding hydrogens is 261 g/mol. The lowest BCUT2D eigenvalue weighted by molar-refractivity contribution is 0.0595. The van der Waals surface area contributed by atoms with E-state index in [9.17, 15) is 9.50 Å². The fourth-order valence-corrected chi connectivity index (χ4v) is 4.16. The molecule has 2 fully saturated rings. The number of rotatable bonds is 4. The molecule has 2 N–H and O–H groups in total. The molecule has 4 heteroatoms. The normalized spacial score (nSPS) is 34.2. The fraction of sp³-hybridized carbons (Fsp3) is 0.600. The van der Waals surface area contributed by atoms with Crippen LogP contribution in [0.3, 0.4) is 0 Å². The van der Waals surface area contributed by atoms with Gasteiger partial charge < -0.3 is 10.4 Å². The van der Waals surface area contributed by atoms with E-state index in [1.807, 2.05) is 23.9 Å². The van der Waals surface area contributed by atoms with Gasteiger partial charge in [0, 0.05) is 18.3 Å². The van der Waals surface area contributed by atoms with E-state index in [1.54, 1.807) is 0 Å². The van der Waals surface area contributed by atoms with E-state index in [2.05, 4.69) is 5.32 Å². The van der Waals surface area contributed by atoms with Gasteiger partial charge in [0.2, 0.25) is 0 Å². The molecule has 3 rings (SSSR count). The van der Waals surface area contributed by atoms with Crippen LogP contribution in [0.4, 0.5) is 4.39 Å². The Morgan fingerprint density at radius 3 is 2.68 bits per heavy atom. The van der Waals surface area contributed by atoms with Crippen molar-refractivity contribution < 1.29 is 9.50 Å². The molecule has 1 atom stereocenters. The maximum atomic E-state index is 12.8. The molecule has 1 aliphatic heterocycles. The standard InChI is InChI=1S/C15H20FNOS/c16-13-3-1-11(2-4-13)12-7-14(8-12)17-9-15(18)5-6-19-10-15/h1-4,12,14,17-18H,5-10H2/t12?,14?,15-/m0/s1. The SMILES string of the molecule is O[C@]1(CNC2CC(c3ccc(F)cc3)C2)CCSC1. The number of hydrogen-bond acceptors (Lipinski definition) is 3. The molecule has 0 spiro atoms. The van der Waals surface area contributed by atoms with Crippen LogP contribution in [0.5, 0.6) is 0 Å². The molecule has 0 amide bonds. The summed E-state index contributed by atoms with van der Waals surface area (Å²) >= 11 is 1.83. The molecule has 0 unspecified atom stereocenters. The quantitative estimate of drug-likeness (QED) is 0.889. The van der Waals surface area contributed by atoms with E-state index in [1.165, 1.54) is 17.7 Å². The Bertz CT molecular complexity index is 424. The zero-order chi connectivity index (χ0) is 13.3. The highest BCUT2D eigenvalue weighted by Crippen LogP contribution is 2.37. The molecule has 2 aliphatic rings. The maximum absolute atomic E-state index is 12.8. The average molecular weight is 281 g/mol. The van der Waals surface area contributed by atoms with E-state index in [4.69, 9.17) is 0 Å².